The number of rotatable bonds is 19. The van der Waals surface area contributed by atoms with E-state index in [1.165, 1.54) is 83.5 Å². The smallest absolute Gasteiger partial charge is 0.185 e. The van der Waals surface area contributed by atoms with E-state index in [-0.39, 0.29) is 12.5 Å². The van der Waals surface area contributed by atoms with Crippen molar-refractivity contribution in [3.05, 3.63) is 0 Å². The third kappa shape index (κ3) is 21.1. The predicted octanol–water partition coefficient (Wildman–Crippen LogP) is 4.12. The van der Waals surface area contributed by atoms with Gasteiger partial charge in [-0.2, -0.15) is 0 Å². The van der Waals surface area contributed by atoms with Crippen LogP contribution < -0.4 is 11.5 Å². The number of nitrogens with two attached hydrogens (primary N) is 2. The van der Waals surface area contributed by atoms with E-state index < -0.39 is 6.10 Å². The Labute approximate surface area is 155 Å². The molecule has 0 heterocycles. The van der Waals surface area contributed by atoms with Gasteiger partial charge in [0.25, 0.3) is 0 Å². The molecule has 25 heavy (non-hydrogen) atoms. The number of aliphatic imine (C=N–C) groups is 1. The number of unbranched alkanes of at least 4 members (excludes halogenated alkanes) is 13. The first-order valence-corrected chi connectivity index (χ1v) is 10.5. The van der Waals surface area contributed by atoms with Crippen LogP contribution in [0.2, 0.25) is 0 Å². The standard InChI is InChI=1S/C20H43N3O2/c1-2-3-4-5-6-7-8-9-10-11-12-13-14-15-16-25-18-19(24)17-23-20(21)22/h19,24H,2-18H2,1H3,(H4,21,22,23). The Hall–Kier alpha value is -0.810. The van der Waals surface area contributed by atoms with Crippen LogP contribution in [0.15, 0.2) is 4.99 Å². The Morgan fingerprint density at radius 2 is 1.24 bits per heavy atom. The maximum atomic E-state index is 9.57. The number of hydrogen-bond donors (Lipinski definition) is 3. The molecule has 0 bridgehead atoms. The molecule has 0 fully saturated rings. The number of aliphatic hydroxyl groups excluding tert-OH is 1. The van der Waals surface area contributed by atoms with Gasteiger partial charge in [0.1, 0.15) is 0 Å². The molecular formula is C20H43N3O2. The van der Waals surface area contributed by atoms with Crippen LogP contribution >= 0.6 is 0 Å². The molecule has 0 spiro atoms. The monoisotopic (exact) mass is 357 g/mol. The fraction of sp³-hybridized carbons (Fsp3) is 0.950. The summed E-state index contributed by atoms with van der Waals surface area (Å²) >= 11 is 0. The minimum atomic E-state index is -0.617. The minimum absolute atomic E-state index is 0.00558. The Morgan fingerprint density at radius 1 is 0.800 bits per heavy atom. The highest BCUT2D eigenvalue weighted by Crippen LogP contribution is 2.12. The molecule has 0 aliphatic carbocycles. The van der Waals surface area contributed by atoms with Crippen LogP contribution in [0.1, 0.15) is 96.8 Å². The summed E-state index contributed by atoms with van der Waals surface area (Å²) in [7, 11) is 0. The van der Waals surface area contributed by atoms with Crippen molar-refractivity contribution >= 4 is 5.96 Å². The van der Waals surface area contributed by atoms with E-state index in [9.17, 15) is 5.11 Å². The maximum absolute atomic E-state index is 9.57. The molecule has 0 aliphatic heterocycles. The predicted molar refractivity (Wildman–Crippen MR) is 108 cm³/mol. The molecule has 5 nitrogen and oxygen atoms in total. The van der Waals surface area contributed by atoms with Gasteiger partial charge in [-0.25, -0.2) is 0 Å². The normalized spacial score (nSPS) is 12.2. The maximum Gasteiger partial charge on any atom is 0.185 e. The largest absolute Gasteiger partial charge is 0.389 e. The summed E-state index contributed by atoms with van der Waals surface area (Å²) in [5.41, 5.74) is 10.4. The second kappa shape index (κ2) is 19.5. The molecule has 0 rings (SSSR count). The lowest BCUT2D eigenvalue weighted by Gasteiger charge is -2.09. The zero-order valence-electron chi connectivity index (χ0n) is 16.6. The molecule has 0 radical (unpaired) electrons. The molecule has 0 aromatic rings. The minimum Gasteiger partial charge on any atom is -0.389 e. The highest BCUT2D eigenvalue weighted by molar-refractivity contribution is 5.75. The lowest BCUT2D eigenvalue weighted by Crippen LogP contribution is -2.26. The second-order valence-electron chi connectivity index (χ2n) is 7.09. The summed E-state index contributed by atoms with van der Waals surface area (Å²) in [5.74, 6) is 0.00558. The van der Waals surface area contributed by atoms with Crippen molar-refractivity contribution in [1.82, 2.24) is 0 Å². The molecule has 0 aliphatic rings. The quantitative estimate of drug-likeness (QED) is 0.184. The lowest BCUT2D eigenvalue weighted by molar-refractivity contribution is 0.0399. The van der Waals surface area contributed by atoms with Gasteiger partial charge < -0.3 is 21.3 Å². The van der Waals surface area contributed by atoms with Crippen LogP contribution in [0.4, 0.5) is 0 Å². The Balaban J connectivity index is 3.10. The summed E-state index contributed by atoms with van der Waals surface area (Å²) in [5, 5.41) is 9.57. The van der Waals surface area contributed by atoms with Crippen LogP contribution in [0.25, 0.3) is 0 Å². The molecule has 0 aromatic heterocycles. The lowest BCUT2D eigenvalue weighted by atomic mass is 10.0. The average molecular weight is 358 g/mol. The van der Waals surface area contributed by atoms with Crippen molar-refractivity contribution in [1.29, 1.82) is 0 Å². The first kappa shape index (κ1) is 24.2. The van der Waals surface area contributed by atoms with Crippen molar-refractivity contribution < 1.29 is 9.84 Å². The Morgan fingerprint density at radius 3 is 1.68 bits per heavy atom. The van der Waals surface area contributed by atoms with Gasteiger partial charge in [0.15, 0.2) is 5.96 Å². The summed E-state index contributed by atoms with van der Waals surface area (Å²) in [6, 6.07) is 0. The van der Waals surface area contributed by atoms with Gasteiger partial charge in [-0.05, 0) is 6.42 Å². The average Bonchev–Trinajstić information content (AvgIpc) is 2.59. The number of guanidine groups is 1. The van der Waals surface area contributed by atoms with Crippen molar-refractivity contribution in [2.24, 2.45) is 16.5 Å². The van der Waals surface area contributed by atoms with Gasteiger partial charge in [0.05, 0.1) is 19.3 Å². The van der Waals surface area contributed by atoms with Crippen LogP contribution in [0.5, 0.6) is 0 Å². The first-order chi connectivity index (χ1) is 12.2. The SMILES string of the molecule is CCCCCCCCCCCCCCCCOCC(O)CN=C(N)N. The molecule has 5 heteroatoms. The Kier molecular flexibility index (Phi) is 18.9. The molecule has 5 N–H and O–H groups in total. The zero-order chi connectivity index (χ0) is 18.6. The van der Waals surface area contributed by atoms with E-state index in [2.05, 4.69) is 11.9 Å². The zero-order valence-corrected chi connectivity index (χ0v) is 16.6. The molecule has 0 saturated heterocycles. The van der Waals surface area contributed by atoms with Gasteiger partial charge in [-0.15, -0.1) is 0 Å². The summed E-state index contributed by atoms with van der Waals surface area (Å²) in [6.45, 7) is 3.49. The van der Waals surface area contributed by atoms with E-state index in [0.717, 1.165) is 6.42 Å². The summed E-state index contributed by atoms with van der Waals surface area (Å²) < 4.78 is 5.43. The third-order valence-corrected chi connectivity index (χ3v) is 4.44. The van der Waals surface area contributed by atoms with Crippen molar-refractivity contribution in [3.8, 4) is 0 Å². The van der Waals surface area contributed by atoms with Gasteiger partial charge in [0.2, 0.25) is 0 Å². The number of aliphatic hydroxyl groups is 1. The van der Waals surface area contributed by atoms with E-state index in [0.29, 0.717) is 13.2 Å². The molecule has 0 aromatic carbocycles. The third-order valence-electron chi connectivity index (χ3n) is 4.44. The van der Waals surface area contributed by atoms with Gasteiger partial charge in [-0.3, -0.25) is 4.99 Å². The van der Waals surface area contributed by atoms with Crippen LogP contribution in [-0.4, -0.2) is 36.9 Å². The molecule has 150 valence electrons. The van der Waals surface area contributed by atoms with Gasteiger partial charge in [-0.1, -0.05) is 90.4 Å². The van der Waals surface area contributed by atoms with E-state index in [4.69, 9.17) is 16.2 Å². The highest BCUT2D eigenvalue weighted by atomic mass is 16.5. The highest BCUT2D eigenvalue weighted by Gasteiger charge is 2.02. The molecule has 1 atom stereocenters. The van der Waals surface area contributed by atoms with Crippen LogP contribution in [0, 0.1) is 0 Å². The topological polar surface area (TPSA) is 93.9 Å². The van der Waals surface area contributed by atoms with Crippen LogP contribution in [-0.2, 0) is 4.74 Å². The first-order valence-electron chi connectivity index (χ1n) is 10.5. The molecule has 1 unspecified atom stereocenters. The fourth-order valence-electron chi connectivity index (χ4n) is 2.88. The number of nitrogens with zero attached hydrogens (tertiary/aromatic N) is 1. The summed E-state index contributed by atoms with van der Waals surface area (Å²) in [4.78, 5) is 3.76. The summed E-state index contributed by atoms with van der Waals surface area (Å²) in [6.07, 6.45) is 18.3. The molecular weight excluding hydrogens is 314 g/mol. The number of hydrogen-bond acceptors (Lipinski definition) is 3. The second-order valence-corrected chi connectivity index (χ2v) is 7.09. The van der Waals surface area contributed by atoms with Crippen molar-refractivity contribution in [3.63, 3.8) is 0 Å². The Bertz CT molecular complexity index is 295. The van der Waals surface area contributed by atoms with Crippen molar-refractivity contribution in [2.75, 3.05) is 19.8 Å². The molecule has 0 saturated carbocycles. The van der Waals surface area contributed by atoms with E-state index >= 15 is 0 Å². The van der Waals surface area contributed by atoms with E-state index in [1.807, 2.05) is 0 Å². The number of ether oxygens (including phenoxy) is 1. The van der Waals surface area contributed by atoms with Crippen LogP contribution in [0.3, 0.4) is 0 Å². The van der Waals surface area contributed by atoms with E-state index in [1.54, 1.807) is 0 Å². The van der Waals surface area contributed by atoms with Gasteiger partial charge in [0, 0.05) is 6.61 Å². The van der Waals surface area contributed by atoms with Crippen molar-refractivity contribution in [2.45, 2.75) is 103 Å². The van der Waals surface area contributed by atoms with Gasteiger partial charge >= 0.3 is 0 Å². The molecule has 0 amide bonds. The fourth-order valence-corrected chi connectivity index (χ4v) is 2.88.